The number of benzene rings is 1. The lowest BCUT2D eigenvalue weighted by Gasteiger charge is -2.14. The molecule has 2 amide bonds. The summed E-state index contributed by atoms with van der Waals surface area (Å²) in [6.45, 7) is 2.67. The molecular formula is C14H21N3OS. The van der Waals surface area contributed by atoms with E-state index in [1.165, 1.54) is 12.8 Å². The molecule has 0 saturated heterocycles. The van der Waals surface area contributed by atoms with E-state index in [0.29, 0.717) is 0 Å². The van der Waals surface area contributed by atoms with Crippen LogP contribution in [0, 0.1) is 0 Å². The summed E-state index contributed by atoms with van der Waals surface area (Å²) in [7, 11) is 0. The minimum Gasteiger partial charge on any atom is -0.336 e. The van der Waals surface area contributed by atoms with Crippen molar-refractivity contribution in [2.45, 2.75) is 30.6 Å². The molecule has 1 atom stereocenters. The van der Waals surface area contributed by atoms with E-state index in [2.05, 4.69) is 16.9 Å². The van der Waals surface area contributed by atoms with Crippen molar-refractivity contribution in [1.82, 2.24) is 5.32 Å². The van der Waals surface area contributed by atoms with Gasteiger partial charge in [0.05, 0.1) is 0 Å². The maximum absolute atomic E-state index is 11.8. The first-order valence-electron chi connectivity index (χ1n) is 6.50. The van der Waals surface area contributed by atoms with Crippen LogP contribution in [0.5, 0.6) is 0 Å². The average molecular weight is 279 g/mol. The Bertz CT molecular complexity index is 441. The molecule has 0 radical (unpaired) electrons. The molecule has 1 unspecified atom stereocenters. The molecule has 1 saturated carbocycles. The van der Waals surface area contributed by atoms with Crippen LogP contribution < -0.4 is 16.4 Å². The number of carbonyl (C=O) groups excluding carboxylic acids is 1. The molecule has 19 heavy (non-hydrogen) atoms. The van der Waals surface area contributed by atoms with Crippen molar-refractivity contribution >= 4 is 23.5 Å². The van der Waals surface area contributed by atoms with Crippen molar-refractivity contribution in [1.29, 1.82) is 0 Å². The number of hydrogen-bond acceptors (Lipinski definition) is 3. The molecule has 0 spiro atoms. The summed E-state index contributed by atoms with van der Waals surface area (Å²) in [5.74, 6) is 0. The van der Waals surface area contributed by atoms with E-state index in [9.17, 15) is 4.79 Å². The van der Waals surface area contributed by atoms with Gasteiger partial charge in [-0.25, -0.2) is 4.79 Å². The van der Waals surface area contributed by atoms with Crippen LogP contribution in [-0.4, -0.2) is 23.6 Å². The van der Waals surface area contributed by atoms with Gasteiger partial charge in [0, 0.05) is 23.0 Å². The van der Waals surface area contributed by atoms with Gasteiger partial charge in [-0.1, -0.05) is 12.1 Å². The number of anilines is 1. The molecule has 1 aromatic carbocycles. The number of nitrogens with one attached hydrogen (secondary N) is 2. The Balaban J connectivity index is 1.81. The molecule has 0 aliphatic heterocycles. The van der Waals surface area contributed by atoms with Gasteiger partial charge in [0.25, 0.3) is 0 Å². The summed E-state index contributed by atoms with van der Waals surface area (Å²) in [6, 6.07) is 7.49. The van der Waals surface area contributed by atoms with E-state index >= 15 is 0 Å². The standard InChI is InChI=1S/C14H21N3OS/c1-10(15)11-3-5-12(6-4-11)17-13(18)16-9-14(19-2)7-8-14/h3-6,10H,7-9,15H2,1-2H3,(H2,16,17,18). The van der Waals surface area contributed by atoms with Crippen LogP contribution in [0.15, 0.2) is 24.3 Å². The summed E-state index contributed by atoms with van der Waals surface area (Å²) in [6.07, 6.45) is 4.48. The fourth-order valence-electron chi connectivity index (χ4n) is 1.88. The zero-order valence-electron chi connectivity index (χ0n) is 11.4. The zero-order chi connectivity index (χ0) is 13.9. The SMILES string of the molecule is CSC1(CNC(=O)Nc2ccc(C(C)N)cc2)CC1. The minimum atomic E-state index is -0.145. The van der Waals surface area contributed by atoms with Crippen molar-refractivity contribution in [3.8, 4) is 0 Å². The van der Waals surface area contributed by atoms with Crippen molar-refractivity contribution in [3.05, 3.63) is 29.8 Å². The van der Waals surface area contributed by atoms with Gasteiger partial charge in [0.15, 0.2) is 0 Å². The third kappa shape index (κ3) is 3.88. The number of carbonyl (C=O) groups is 1. The van der Waals surface area contributed by atoms with E-state index in [1.54, 1.807) is 0 Å². The highest BCUT2D eigenvalue weighted by Crippen LogP contribution is 2.46. The van der Waals surface area contributed by atoms with E-state index in [1.807, 2.05) is 43.0 Å². The van der Waals surface area contributed by atoms with Crippen molar-refractivity contribution in [3.63, 3.8) is 0 Å². The highest BCUT2D eigenvalue weighted by Gasteiger charge is 2.41. The largest absolute Gasteiger partial charge is 0.336 e. The molecule has 0 bridgehead atoms. The van der Waals surface area contributed by atoms with Crippen molar-refractivity contribution in [2.75, 3.05) is 18.1 Å². The molecule has 1 aliphatic carbocycles. The zero-order valence-corrected chi connectivity index (χ0v) is 12.2. The van der Waals surface area contributed by atoms with Crippen LogP contribution in [-0.2, 0) is 0 Å². The predicted octanol–water partition coefficient (Wildman–Crippen LogP) is 2.72. The smallest absolute Gasteiger partial charge is 0.319 e. The lowest BCUT2D eigenvalue weighted by Crippen LogP contribution is -2.35. The lowest BCUT2D eigenvalue weighted by molar-refractivity contribution is 0.252. The molecule has 1 aromatic rings. The topological polar surface area (TPSA) is 67.2 Å². The molecule has 1 fully saturated rings. The number of hydrogen-bond donors (Lipinski definition) is 3. The van der Waals surface area contributed by atoms with E-state index in [4.69, 9.17) is 5.73 Å². The number of amides is 2. The Morgan fingerprint density at radius 1 is 1.42 bits per heavy atom. The van der Waals surface area contributed by atoms with Gasteiger partial charge in [0.2, 0.25) is 0 Å². The highest BCUT2D eigenvalue weighted by molar-refractivity contribution is 8.00. The first-order valence-corrected chi connectivity index (χ1v) is 7.73. The summed E-state index contributed by atoms with van der Waals surface area (Å²) in [5, 5.41) is 5.76. The van der Waals surface area contributed by atoms with Crippen LogP contribution in [0.3, 0.4) is 0 Å². The minimum absolute atomic E-state index is 0.0131. The first-order chi connectivity index (χ1) is 9.04. The number of urea groups is 1. The van der Waals surface area contributed by atoms with Crippen molar-refractivity contribution in [2.24, 2.45) is 5.73 Å². The fraction of sp³-hybridized carbons (Fsp3) is 0.500. The molecule has 104 valence electrons. The van der Waals surface area contributed by atoms with Gasteiger partial charge >= 0.3 is 6.03 Å². The molecule has 0 heterocycles. The number of thioether (sulfide) groups is 1. The fourth-order valence-corrected chi connectivity index (χ4v) is 2.61. The van der Waals surface area contributed by atoms with Crippen LogP contribution in [0.1, 0.15) is 31.4 Å². The highest BCUT2D eigenvalue weighted by atomic mass is 32.2. The van der Waals surface area contributed by atoms with Gasteiger partial charge in [-0.2, -0.15) is 11.8 Å². The lowest BCUT2D eigenvalue weighted by atomic mass is 10.1. The Hall–Kier alpha value is -1.20. The summed E-state index contributed by atoms with van der Waals surface area (Å²) in [4.78, 5) is 11.8. The number of rotatable bonds is 5. The van der Waals surface area contributed by atoms with Crippen LogP contribution in [0.4, 0.5) is 10.5 Å². The van der Waals surface area contributed by atoms with Gasteiger partial charge < -0.3 is 16.4 Å². The van der Waals surface area contributed by atoms with Gasteiger partial charge in [-0.15, -0.1) is 0 Å². The maximum Gasteiger partial charge on any atom is 0.319 e. The third-order valence-electron chi connectivity index (χ3n) is 3.51. The van der Waals surface area contributed by atoms with Crippen molar-refractivity contribution < 1.29 is 4.79 Å². The predicted molar refractivity (Wildman–Crippen MR) is 81.5 cm³/mol. The monoisotopic (exact) mass is 279 g/mol. The van der Waals surface area contributed by atoms with E-state index in [0.717, 1.165) is 17.8 Å². The molecule has 1 aliphatic rings. The van der Waals surface area contributed by atoms with Gasteiger partial charge in [-0.05, 0) is 43.7 Å². The molecule has 2 rings (SSSR count). The van der Waals surface area contributed by atoms with Crippen LogP contribution in [0.2, 0.25) is 0 Å². The second-order valence-corrected chi connectivity index (χ2v) is 6.38. The molecule has 5 heteroatoms. The van der Waals surface area contributed by atoms with Gasteiger partial charge in [0.1, 0.15) is 0 Å². The van der Waals surface area contributed by atoms with E-state index < -0.39 is 0 Å². The maximum atomic E-state index is 11.8. The Labute approximate surface area is 118 Å². The van der Waals surface area contributed by atoms with Gasteiger partial charge in [-0.3, -0.25) is 0 Å². The second kappa shape index (κ2) is 5.84. The number of nitrogens with two attached hydrogens (primary N) is 1. The first kappa shape index (κ1) is 14.2. The Kier molecular flexibility index (Phi) is 4.37. The Morgan fingerprint density at radius 2 is 2.05 bits per heavy atom. The third-order valence-corrected chi connectivity index (χ3v) is 4.92. The van der Waals surface area contributed by atoms with E-state index in [-0.39, 0.29) is 16.8 Å². The quantitative estimate of drug-likeness (QED) is 0.776. The normalized spacial score (nSPS) is 17.6. The molecular weight excluding hydrogens is 258 g/mol. The average Bonchev–Trinajstić information content (AvgIpc) is 3.18. The summed E-state index contributed by atoms with van der Waals surface area (Å²) in [5.41, 5.74) is 7.63. The molecule has 4 nitrogen and oxygen atoms in total. The van der Waals surface area contributed by atoms with Crippen LogP contribution in [0.25, 0.3) is 0 Å². The van der Waals surface area contributed by atoms with Crippen LogP contribution >= 0.6 is 11.8 Å². The summed E-state index contributed by atoms with van der Waals surface area (Å²) >= 11 is 1.84. The Morgan fingerprint density at radius 3 is 2.53 bits per heavy atom. The molecule has 4 N–H and O–H groups in total. The second-order valence-electron chi connectivity index (χ2n) is 5.11. The summed E-state index contributed by atoms with van der Waals surface area (Å²) < 4.78 is 0.288. The molecule has 0 aromatic heterocycles.